The fraction of sp³-hybridized carbons (Fsp3) is 0.600. The molecule has 1 aromatic rings. The maximum absolute atomic E-state index is 11.3. The third kappa shape index (κ3) is 2.92. The molecule has 2 nitrogen and oxygen atoms in total. The Morgan fingerprint density at radius 2 is 2.15 bits per heavy atom. The van der Waals surface area contributed by atoms with E-state index in [-0.39, 0.29) is 0 Å². The number of carbonyl (C=O) groups excluding carboxylic acids is 1. The van der Waals surface area contributed by atoms with Gasteiger partial charge in [-0.15, -0.1) is 11.3 Å². The predicted molar refractivity (Wildman–Crippen MR) is 55.2 cm³/mol. The Morgan fingerprint density at radius 3 is 2.62 bits per heavy atom. The van der Waals surface area contributed by atoms with Crippen molar-refractivity contribution in [2.45, 2.75) is 40.0 Å². The fourth-order valence-electron chi connectivity index (χ4n) is 1.15. The number of aryl methyl sites for hydroxylation is 2. The maximum Gasteiger partial charge on any atom is 0.139 e. The standard InChI is InChI=1S/C10H15NOS/c1-4-5-9(12)6-10-11-7(2)8(3)13-10/h4-6H2,1-3H3. The molecular formula is C10H15NOS. The molecule has 0 unspecified atom stereocenters. The Morgan fingerprint density at radius 1 is 1.46 bits per heavy atom. The minimum Gasteiger partial charge on any atom is -0.299 e. The summed E-state index contributed by atoms with van der Waals surface area (Å²) in [6, 6.07) is 0. The van der Waals surface area contributed by atoms with Gasteiger partial charge in [-0.3, -0.25) is 4.79 Å². The molecule has 1 heterocycles. The van der Waals surface area contributed by atoms with Gasteiger partial charge >= 0.3 is 0 Å². The van der Waals surface area contributed by atoms with Crippen molar-refractivity contribution in [2.75, 3.05) is 0 Å². The highest BCUT2D eigenvalue weighted by Gasteiger charge is 2.07. The van der Waals surface area contributed by atoms with E-state index in [0.717, 1.165) is 17.1 Å². The van der Waals surface area contributed by atoms with Crippen molar-refractivity contribution in [3.8, 4) is 0 Å². The average molecular weight is 197 g/mol. The number of Topliss-reactive ketones (excluding diaryl/α,β-unsaturated/α-hetero) is 1. The zero-order chi connectivity index (χ0) is 9.84. The van der Waals surface area contributed by atoms with Gasteiger partial charge in [0.1, 0.15) is 10.8 Å². The number of hydrogen-bond donors (Lipinski definition) is 0. The second kappa shape index (κ2) is 4.51. The zero-order valence-corrected chi connectivity index (χ0v) is 9.20. The minimum absolute atomic E-state index is 0.302. The number of thiazole rings is 1. The molecule has 0 fully saturated rings. The van der Waals surface area contributed by atoms with Crippen LogP contribution in [0.15, 0.2) is 0 Å². The third-order valence-corrected chi connectivity index (χ3v) is 3.02. The summed E-state index contributed by atoms with van der Waals surface area (Å²) in [7, 11) is 0. The largest absolute Gasteiger partial charge is 0.299 e. The third-order valence-electron chi connectivity index (χ3n) is 1.95. The minimum atomic E-state index is 0.302. The van der Waals surface area contributed by atoms with Crippen molar-refractivity contribution in [3.05, 3.63) is 15.6 Å². The van der Waals surface area contributed by atoms with Gasteiger partial charge < -0.3 is 0 Å². The monoisotopic (exact) mass is 197 g/mol. The second-order valence-corrected chi connectivity index (χ2v) is 4.50. The van der Waals surface area contributed by atoms with Gasteiger partial charge in [-0.25, -0.2) is 4.98 Å². The van der Waals surface area contributed by atoms with E-state index in [2.05, 4.69) is 4.98 Å². The smallest absolute Gasteiger partial charge is 0.139 e. The van der Waals surface area contributed by atoms with E-state index < -0.39 is 0 Å². The van der Waals surface area contributed by atoms with Crippen LogP contribution in [0, 0.1) is 13.8 Å². The molecule has 0 aliphatic carbocycles. The zero-order valence-electron chi connectivity index (χ0n) is 8.39. The first-order valence-corrected chi connectivity index (χ1v) is 5.39. The first-order chi connectivity index (χ1) is 6.13. The van der Waals surface area contributed by atoms with Crippen molar-refractivity contribution in [2.24, 2.45) is 0 Å². The van der Waals surface area contributed by atoms with E-state index in [1.165, 1.54) is 4.88 Å². The van der Waals surface area contributed by atoms with E-state index in [4.69, 9.17) is 0 Å². The van der Waals surface area contributed by atoms with Gasteiger partial charge in [0, 0.05) is 11.3 Å². The van der Waals surface area contributed by atoms with Crippen LogP contribution in [0.4, 0.5) is 0 Å². The Balaban J connectivity index is 2.59. The number of aromatic nitrogens is 1. The van der Waals surface area contributed by atoms with Gasteiger partial charge in [0.25, 0.3) is 0 Å². The average Bonchev–Trinajstić information content (AvgIpc) is 2.31. The van der Waals surface area contributed by atoms with Crippen molar-refractivity contribution < 1.29 is 4.79 Å². The summed E-state index contributed by atoms with van der Waals surface area (Å²) in [6.45, 7) is 6.05. The van der Waals surface area contributed by atoms with Gasteiger partial charge in [-0.05, 0) is 20.3 Å². The van der Waals surface area contributed by atoms with Crippen molar-refractivity contribution in [1.82, 2.24) is 4.98 Å². The lowest BCUT2D eigenvalue weighted by Gasteiger charge is -1.93. The van der Waals surface area contributed by atoms with Crippen LogP contribution in [0.5, 0.6) is 0 Å². The molecule has 0 atom stereocenters. The first-order valence-electron chi connectivity index (χ1n) is 4.58. The maximum atomic E-state index is 11.3. The summed E-state index contributed by atoms with van der Waals surface area (Å²) < 4.78 is 0. The van der Waals surface area contributed by atoms with Crippen molar-refractivity contribution in [1.29, 1.82) is 0 Å². The summed E-state index contributed by atoms with van der Waals surface area (Å²) >= 11 is 1.64. The van der Waals surface area contributed by atoms with Gasteiger partial charge in [0.2, 0.25) is 0 Å². The normalized spacial score (nSPS) is 10.4. The molecule has 3 heteroatoms. The molecule has 1 aromatic heterocycles. The van der Waals surface area contributed by atoms with E-state index in [0.29, 0.717) is 18.6 Å². The quantitative estimate of drug-likeness (QED) is 0.742. The number of hydrogen-bond acceptors (Lipinski definition) is 3. The fourth-order valence-corrected chi connectivity index (χ4v) is 2.11. The van der Waals surface area contributed by atoms with E-state index >= 15 is 0 Å². The number of carbonyl (C=O) groups is 1. The predicted octanol–water partition coefficient (Wildman–Crippen LogP) is 2.67. The van der Waals surface area contributed by atoms with Gasteiger partial charge in [0.15, 0.2) is 0 Å². The van der Waals surface area contributed by atoms with Crippen LogP contribution in [0.25, 0.3) is 0 Å². The molecule has 0 N–H and O–H groups in total. The van der Waals surface area contributed by atoms with E-state index in [1.807, 2.05) is 20.8 Å². The highest BCUT2D eigenvalue weighted by Crippen LogP contribution is 2.17. The van der Waals surface area contributed by atoms with E-state index in [9.17, 15) is 4.79 Å². The lowest BCUT2D eigenvalue weighted by molar-refractivity contribution is -0.118. The van der Waals surface area contributed by atoms with Crippen LogP contribution in [0.1, 0.15) is 35.3 Å². The summed E-state index contributed by atoms with van der Waals surface area (Å²) in [5.74, 6) is 0.302. The molecule has 0 bridgehead atoms. The van der Waals surface area contributed by atoms with Crippen LogP contribution in [0.2, 0.25) is 0 Å². The Bertz CT molecular complexity index is 284. The molecule has 13 heavy (non-hydrogen) atoms. The molecule has 0 spiro atoms. The number of ketones is 1. The molecule has 0 aliphatic heterocycles. The molecular weight excluding hydrogens is 182 g/mol. The summed E-state index contributed by atoms with van der Waals surface area (Å²) in [5.41, 5.74) is 1.06. The summed E-state index contributed by atoms with van der Waals surface area (Å²) in [5, 5.41) is 0.966. The van der Waals surface area contributed by atoms with Crippen LogP contribution in [-0.2, 0) is 11.2 Å². The number of nitrogens with zero attached hydrogens (tertiary/aromatic N) is 1. The van der Waals surface area contributed by atoms with Crippen LogP contribution >= 0.6 is 11.3 Å². The SMILES string of the molecule is CCCC(=O)Cc1nc(C)c(C)s1. The Kier molecular flexibility index (Phi) is 3.60. The van der Waals surface area contributed by atoms with Crippen LogP contribution in [0.3, 0.4) is 0 Å². The van der Waals surface area contributed by atoms with Gasteiger partial charge in [-0.1, -0.05) is 6.92 Å². The highest BCUT2D eigenvalue weighted by atomic mass is 32.1. The molecule has 72 valence electrons. The van der Waals surface area contributed by atoms with E-state index in [1.54, 1.807) is 11.3 Å². The summed E-state index contributed by atoms with van der Waals surface area (Å²) in [4.78, 5) is 16.9. The first kappa shape index (κ1) is 10.4. The lowest BCUT2D eigenvalue weighted by atomic mass is 10.2. The molecule has 0 aromatic carbocycles. The second-order valence-electron chi connectivity index (χ2n) is 3.21. The molecule has 0 saturated carbocycles. The van der Waals surface area contributed by atoms with Gasteiger partial charge in [0.05, 0.1) is 12.1 Å². The van der Waals surface area contributed by atoms with Crippen molar-refractivity contribution in [3.63, 3.8) is 0 Å². The molecule has 0 amide bonds. The molecule has 0 aliphatic rings. The van der Waals surface area contributed by atoms with Crippen molar-refractivity contribution >= 4 is 17.1 Å². The highest BCUT2D eigenvalue weighted by molar-refractivity contribution is 7.11. The van der Waals surface area contributed by atoms with Crippen LogP contribution < -0.4 is 0 Å². The molecule has 0 saturated heterocycles. The van der Waals surface area contributed by atoms with Crippen LogP contribution in [-0.4, -0.2) is 10.8 Å². The summed E-state index contributed by atoms with van der Waals surface area (Å²) in [6.07, 6.45) is 2.13. The van der Waals surface area contributed by atoms with Gasteiger partial charge in [-0.2, -0.15) is 0 Å². The topological polar surface area (TPSA) is 30.0 Å². The Labute approximate surface area is 83.0 Å². The molecule has 0 radical (unpaired) electrons. The lowest BCUT2D eigenvalue weighted by Crippen LogP contribution is -2.01. The molecule has 1 rings (SSSR count). The number of rotatable bonds is 4. The Hall–Kier alpha value is -0.700.